The number of nitrogens with zero attached hydrogens (tertiary/aromatic N) is 2. The first-order valence-corrected chi connectivity index (χ1v) is 10.4. The molecule has 0 fully saturated rings. The number of benzene rings is 2. The second kappa shape index (κ2) is 8.59. The molecule has 29 heavy (non-hydrogen) atoms. The highest BCUT2D eigenvalue weighted by atomic mass is 32.1. The number of fused-ring (bicyclic) bond motifs is 1. The lowest BCUT2D eigenvalue weighted by Crippen LogP contribution is -2.26. The number of methoxy groups -OCH3 is 1. The smallest absolute Gasteiger partial charge is 0.271 e. The van der Waals surface area contributed by atoms with Crippen LogP contribution in [0.2, 0.25) is 0 Å². The van der Waals surface area contributed by atoms with E-state index < -0.39 is 0 Å². The number of aromatic nitrogens is 2. The summed E-state index contributed by atoms with van der Waals surface area (Å²) in [5, 5.41) is 6.83. The van der Waals surface area contributed by atoms with Crippen LogP contribution in [0.3, 0.4) is 0 Å². The lowest BCUT2D eigenvalue weighted by atomic mass is 10.1. The van der Waals surface area contributed by atoms with Crippen LogP contribution in [0.4, 0.5) is 0 Å². The van der Waals surface area contributed by atoms with Gasteiger partial charge in [0.15, 0.2) is 0 Å². The molecule has 0 radical (unpaired) electrons. The van der Waals surface area contributed by atoms with Gasteiger partial charge in [0.05, 0.1) is 18.3 Å². The summed E-state index contributed by atoms with van der Waals surface area (Å²) < 4.78 is 7.48. The van der Waals surface area contributed by atoms with E-state index in [1.807, 2.05) is 54.8 Å². The van der Waals surface area contributed by atoms with Crippen LogP contribution in [0.1, 0.15) is 29.0 Å². The molecule has 148 valence electrons. The van der Waals surface area contributed by atoms with Gasteiger partial charge in [-0.3, -0.25) is 4.79 Å². The highest BCUT2D eigenvalue weighted by Gasteiger charge is 2.18. The van der Waals surface area contributed by atoms with E-state index in [1.165, 1.54) is 11.3 Å². The Morgan fingerprint density at radius 2 is 1.93 bits per heavy atom. The monoisotopic (exact) mass is 405 g/mol. The average molecular weight is 406 g/mol. The molecule has 0 aliphatic carbocycles. The van der Waals surface area contributed by atoms with Crippen LogP contribution in [-0.4, -0.2) is 29.2 Å². The van der Waals surface area contributed by atoms with E-state index in [2.05, 4.69) is 33.1 Å². The number of carbonyl (C=O) groups is 1. The number of nitrogens with one attached hydrogen (secondary N) is 1. The van der Waals surface area contributed by atoms with E-state index in [0.717, 1.165) is 33.7 Å². The van der Waals surface area contributed by atoms with Crippen molar-refractivity contribution in [3.8, 4) is 10.7 Å². The van der Waals surface area contributed by atoms with Crippen LogP contribution in [0.15, 0.2) is 66.0 Å². The van der Waals surface area contributed by atoms with Crippen molar-refractivity contribution in [3.63, 3.8) is 0 Å². The van der Waals surface area contributed by atoms with Gasteiger partial charge in [0.2, 0.25) is 0 Å². The molecule has 2 aromatic heterocycles. The molecular weight excluding hydrogens is 382 g/mol. The topological polar surface area (TPSA) is 56.2 Å². The molecule has 0 bridgehead atoms. The van der Waals surface area contributed by atoms with Gasteiger partial charge in [-0.1, -0.05) is 48.5 Å². The number of hydrogen-bond acceptors (Lipinski definition) is 4. The van der Waals surface area contributed by atoms with E-state index in [0.29, 0.717) is 12.3 Å². The molecule has 0 aliphatic rings. The Morgan fingerprint density at radius 3 is 2.72 bits per heavy atom. The van der Waals surface area contributed by atoms with Crippen LogP contribution in [0, 0.1) is 0 Å². The van der Waals surface area contributed by atoms with E-state index in [-0.39, 0.29) is 11.9 Å². The number of ether oxygens (including phenoxy) is 1. The maximum atomic E-state index is 12.7. The first-order chi connectivity index (χ1) is 14.2. The highest BCUT2D eigenvalue weighted by Crippen LogP contribution is 2.30. The predicted molar refractivity (Wildman–Crippen MR) is 117 cm³/mol. The van der Waals surface area contributed by atoms with Crippen molar-refractivity contribution in [3.05, 3.63) is 77.3 Å². The van der Waals surface area contributed by atoms with Crippen molar-refractivity contribution < 1.29 is 9.53 Å². The minimum absolute atomic E-state index is 0.0815. The maximum Gasteiger partial charge on any atom is 0.271 e. The molecule has 6 heteroatoms. The first kappa shape index (κ1) is 19.4. The summed E-state index contributed by atoms with van der Waals surface area (Å²) in [5.41, 5.74) is 3.65. The molecule has 1 amide bonds. The Balaban J connectivity index is 1.59. The van der Waals surface area contributed by atoms with Gasteiger partial charge in [-0.05, 0) is 24.6 Å². The molecule has 0 saturated heterocycles. The van der Waals surface area contributed by atoms with Gasteiger partial charge in [-0.15, -0.1) is 11.3 Å². The van der Waals surface area contributed by atoms with E-state index >= 15 is 0 Å². The number of para-hydroxylation sites is 1. The van der Waals surface area contributed by atoms with Crippen molar-refractivity contribution in [2.24, 2.45) is 0 Å². The Labute approximate surface area is 174 Å². The second-order valence-electron chi connectivity index (χ2n) is 6.88. The number of hydrogen-bond donors (Lipinski definition) is 1. The minimum Gasteiger partial charge on any atom is -0.383 e. The van der Waals surface area contributed by atoms with E-state index in [1.54, 1.807) is 7.11 Å². The summed E-state index contributed by atoms with van der Waals surface area (Å²) in [6, 6.07) is 20.2. The number of amides is 1. The Kier molecular flexibility index (Phi) is 5.74. The number of thiazole rings is 1. The fourth-order valence-corrected chi connectivity index (χ4v) is 4.23. The highest BCUT2D eigenvalue weighted by molar-refractivity contribution is 7.13. The SMILES string of the molecule is COCCn1c(-c2nc(C(=O)NC(C)c3ccccc3)cs2)cc2ccccc21. The van der Waals surface area contributed by atoms with Crippen LogP contribution in [-0.2, 0) is 11.3 Å². The lowest BCUT2D eigenvalue weighted by molar-refractivity contribution is 0.0935. The zero-order chi connectivity index (χ0) is 20.2. The lowest BCUT2D eigenvalue weighted by Gasteiger charge is -2.13. The fraction of sp³-hybridized carbons (Fsp3) is 0.217. The summed E-state index contributed by atoms with van der Waals surface area (Å²) in [5.74, 6) is -0.164. The van der Waals surface area contributed by atoms with Gasteiger partial charge in [-0.2, -0.15) is 0 Å². The molecule has 1 unspecified atom stereocenters. The maximum absolute atomic E-state index is 12.7. The third-order valence-corrected chi connectivity index (χ3v) is 5.80. The van der Waals surface area contributed by atoms with Gasteiger partial charge in [0.1, 0.15) is 10.7 Å². The summed E-state index contributed by atoms with van der Waals surface area (Å²) in [6.07, 6.45) is 0. The molecule has 1 atom stereocenters. The minimum atomic E-state index is -0.164. The van der Waals surface area contributed by atoms with E-state index in [4.69, 9.17) is 4.74 Å². The number of rotatable bonds is 7. The summed E-state index contributed by atoms with van der Waals surface area (Å²) in [4.78, 5) is 17.3. The first-order valence-electron chi connectivity index (χ1n) is 9.56. The summed E-state index contributed by atoms with van der Waals surface area (Å²) >= 11 is 1.48. The quantitative estimate of drug-likeness (QED) is 0.476. The molecule has 0 aliphatic heterocycles. The normalized spacial score (nSPS) is 12.2. The Bertz CT molecular complexity index is 1120. The third kappa shape index (κ3) is 4.09. The van der Waals surface area contributed by atoms with Crippen LogP contribution < -0.4 is 5.32 Å². The van der Waals surface area contributed by atoms with Crippen molar-refractivity contribution in [1.29, 1.82) is 0 Å². The van der Waals surface area contributed by atoms with Gasteiger partial charge in [0, 0.05) is 29.9 Å². The molecule has 2 heterocycles. The molecule has 4 rings (SSSR count). The van der Waals surface area contributed by atoms with Crippen molar-refractivity contribution in [2.45, 2.75) is 19.5 Å². The van der Waals surface area contributed by atoms with Crippen molar-refractivity contribution in [2.75, 3.05) is 13.7 Å². The van der Waals surface area contributed by atoms with Gasteiger partial charge in [0.25, 0.3) is 5.91 Å². The van der Waals surface area contributed by atoms with Crippen LogP contribution >= 0.6 is 11.3 Å². The molecule has 5 nitrogen and oxygen atoms in total. The Hall–Kier alpha value is -2.96. The summed E-state index contributed by atoms with van der Waals surface area (Å²) in [6.45, 7) is 3.31. The van der Waals surface area contributed by atoms with Gasteiger partial charge < -0.3 is 14.6 Å². The summed E-state index contributed by atoms with van der Waals surface area (Å²) in [7, 11) is 1.70. The van der Waals surface area contributed by atoms with Gasteiger partial charge >= 0.3 is 0 Å². The largest absolute Gasteiger partial charge is 0.383 e. The molecule has 1 N–H and O–H groups in total. The second-order valence-corrected chi connectivity index (χ2v) is 7.73. The zero-order valence-corrected chi connectivity index (χ0v) is 17.3. The van der Waals surface area contributed by atoms with E-state index in [9.17, 15) is 4.79 Å². The van der Waals surface area contributed by atoms with Crippen molar-refractivity contribution >= 4 is 28.1 Å². The Morgan fingerprint density at radius 1 is 1.17 bits per heavy atom. The standard InChI is InChI=1S/C23H23N3O2S/c1-16(17-8-4-3-5-9-17)24-22(27)19-15-29-23(25-19)21-14-18-10-6-7-11-20(18)26(21)12-13-28-2/h3-11,14-16H,12-13H2,1-2H3,(H,24,27). The molecule has 0 spiro atoms. The van der Waals surface area contributed by atoms with Gasteiger partial charge in [-0.25, -0.2) is 4.98 Å². The zero-order valence-electron chi connectivity index (χ0n) is 16.5. The van der Waals surface area contributed by atoms with Crippen LogP contribution in [0.5, 0.6) is 0 Å². The predicted octanol–water partition coefficient (Wildman–Crippen LogP) is 4.90. The molecule has 2 aromatic carbocycles. The van der Waals surface area contributed by atoms with Crippen LogP contribution in [0.25, 0.3) is 21.6 Å². The third-order valence-electron chi connectivity index (χ3n) is 4.93. The number of carbonyl (C=O) groups excluding carboxylic acids is 1. The average Bonchev–Trinajstić information content (AvgIpc) is 3.38. The van der Waals surface area contributed by atoms with Crippen molar-refractivity contribution in [1.82, 2.24) is 14.9 Å². The molecule has 0 saturated carbocycles. The fourth-order valence-electron chi connectivity index (χ4n) is 3.40. The molecule has 4 aromatic rings. The molecular formula is C23H23N3O2S.